The standard InChI is InChI=1S/C33H60N8/c1-18-19-10-2-3-11-20(19)27(34)36-29-22-13-5-7-15-24(22)31(38-29)40-33-26-17-9-8-16-25(26)32(41-33)39-30-23-14-6-4-12-21(23)28(35-18)37-30/h18-33,35-41H,2-17,34H2,1H3. The summed E-state index contributed by atoms with van der Waals surface area (Å²) in [4.78, 5) is 0. The number of hydrogen-bond donors (Lipinski definition) is 8. The molecule has 8 aliphatic rings. The van der Waals surface area contributed by atoms with Crippen molar-refractivity contribution in [2.24, 2.45) is 53.1 Å². The van der Waals surface area contributed by atoms with E-state index in [1.165, 1.54) is 103 Å². The Kier molecular flexibility index (Phi) is 8.17. The Morgan fingerprint density at radius 1 is 0.341 bits per heavy atom. The van der Waals surface area contributed by atoms with Gasteiger partial charge in [0, 0.05) is 6.04 Å². The van der Waals surface area contributed by atoms with Crippen LogP contribution >= 0.6 is 0 Å². The topological polar surface area (TPSA) is 110 Å². The summed E-state index contributed by atoms with van der Waals surface area (Å²) in [6.45, 7) is 2.48. The predicted molar refractivity (Wildman–Crippen MR) is 164 cm³/mol. The molecule has 232 valence electrons. The highest BCUT2D eigenvalue weighted by molar-refractivity contribution is 5.06. The second kappa shape index (κ2) is 11.9. The van der Waals surface area contributed by atoms with Crippen molar-refractivity contribution in [3.8, 4) is 0 Å². The van der Waals surface area contributed by atoms with Gasteiger partial charge in [-0.15, -0.1) is 0 Å². The van der Waals surface area contributed by atoms with Gasteiger partial charge in [-0.3, -0.25) is 37.2 Å². The lowest BCUT2D eigenvalue weighted by molar-refractivity contribution is 0.114. The van der Waals surface area contributed by atoms with Gasteiger partial charge in [0.15, 0.2) is 0 Å². The van der Waals surface area contributed by atoms with E-state index in [0.717, 1.165) is 23.7 Å². The number of nitrogens with one attached hydrogen (secondary N) is 7. The van der Waals surface area contributed by atoms with E-state index in [0.29, 0.717) is 66.7 Å². The quantitative estimate of drug-likeness (QED) is 0.225. The van der Waals surface area contributed by atoms with Crippen LogP contribution in [-0.4, -0.2) is 49.2 Å². The number of rotatable bonds is 0. The van der Waals surface area contributed by atoms with Crippen LogP contribution in [0.5, 0.6) is 0 Å². The maximum Gasteiger partial charge on any atom is 0.0628 e. The lowest BCUT2D eigenvalue weighted by Crippen LogP contribution is -2.60. The summed E-state index contributed by atoms with van der Waals surface area (Å²) in [5.74, 6) is 5.47. The minimum Gasteiger partial charge on any atom is -0.316 e. The van der Waals surface area contributed by atoms with Crippen LogP contribution in [0.4, 0.5) is 0 Å². The molecule has 4 saturated carbocycles. The summed E-state index contributed by atoms with van der Waals surface area (Å²) in [5, 5.41) is 29.2. The molecule has 8 fully saturated rings. The number of fused-ring (bicyclic) bond motifs is 16. The summed E-state index contributed by atoms with van der Waals surface area (Å²) in [5.41, 5.74) is 7.18. The second-order valence-electron chi connectivity index (χ2n) is 15.8. The van der Waals surface area contributed by atoms with Gasteiger partial charge in [0.05, 0.1) is 43.2 Å². The Hall–Kier alpha value is -0.320. The third-order valence-corrected chi connectivity index (χ3v) is 13.8. The van der Waals surface area contributed by atoms with E-state index in [1.54, 1.807) is 0 Å². The van der Waals surface area contributed by atoms with Crippen molar-refractivity contribution < 1.29 is 0 Å². The molecule has 0 aromatic heterocycles. The summed E-state index contributed by atoms with van der Waals surface area (Å²) in [7, 11) is 0. The van der Waals surface area contributed by atoms with Crippen molar-refractivity contribution in [1.82, 2.24) is 37.2 Å². The fourth-order valence-corrected chi connectivity index (χ4v) is 11.8. The molecular formula is C33H60N8. The highest BCUT2D eigenvalue weighted by Gasteiger charge is 2.52. The zero-order valence-corrected chi connectivity index (χ0v) is 25.6. The average Bonchev–Trinajstić information content (AvgIpc) is 3.65. The average molecular weight is 569 g/mol. The van der Waals surface area contributed by atoms with Crippen LogP contribution in [0.25, 0.3) is 0 Å². The first kappa shape index (κ1) is 28.2. The Balaban J connectivity index is 1.11. The maximum atomic E-state index is 7.18. The van der Waals surface area contributed by atoms with Crippen LogP contribution in [-0.2, 0) is 0 Å². The molecule has 4 heterocycles. The molecule has 0 aromatic carbocycles. The molecule has 0 aromatic rings. The van der Waals surface area contributed by atoms with E-state index in [2.05, 4.69) is 44.1 Å². The van der Waals surface area contributed by atoms with Gasteiger partial charge in [0.25, 0.3) is 0 Å². The molecule has 8 nitrogen and oxygen atoms in total. The Morgan fingerprint density at radius 2 is 0.610 bits per heavy atom. The summed E-state index contributed by atoms with van der Waals surface area (Å²) >= 11 is 0. The van der Waals surface area contributed by atoms with Crippen molar-refractivity contribution >= 4 is 0 Å². The second-order valence-corrected chi connectivity index (χ2v) is 15.8. The lowest BCUT2D eigenvalue weighted by Gasteiger charge is -2.42. The minimum absolute atomic E-state index is 0.0594. The molecule has 9 N–H and O–H groups in total. The smallest absolute Gasteiger partial charge is 0.0628 e. The third kappa shape index (κ3) is 5.24. The molecule has 4 saturated heterocycles. The molecule has 8 rings (SSSR count). The largest absolute Gasteiger partial charge is 0.316 e. The van der Waals surface area contributed by atoms with Crippen molar-refractivity contribution in [1.29, 1.82) is 0 Å². The molecule has 4 aliphatic heterocycles. The van der Waals surface area contributed by atoms with Crippen LogP contribution < -0.4 is 43.0 Å². The molecule has 0 amide bonds. The van der Waals surface area contributed by atoms with Gasteiger partial charge in [0.1, 0.15) is 0 Å². The van der Waals surface area contributed by atoms with Crippen LogP contribution in [0.15, 0.2) is 0 Å². The first-order valence-electron chi connectivity index (χ1n) is 18.2. The van der Waals surface area contributed by atoms with Crippen LogP contribution in [0.3, 0.4) is 0 Å². The number of hydrogen-bond acceptors (Lipinski definition) is 8. The van der Waals surface area contributed by atoms with E-state index in [-0.39, 0.29) is 6.17 Å². The van der Waals surface area contributed by atoms with Gasteiger partial charge >= 0.3 is 0 Å². The third-order valence-electron chi connectivity index (χ3n) is 13.8. The van der Waals surface area contributed by atoms with Gasteiger partial charge < -0.3 is 5.73 Å². The predicted octanol–water partition coefficient (Wildman–Crippen LogP) is 3.02. The highest BCUT2D eigenvalue weighted by Crippen LogP contribution is 2.44. The van der Waals surface area contributed by atoms with E-state index >= 15 is 0 Å². The fourth-order valence-electron chi connectivity index (χ4n) is 11.8. The highest BCUT2D eigenvalue weighted by atomic mass is 15.4. The van der Waals surface area contributed by atoms with Gasteiger partial charge in [-0.2, -0.15) is 0 Å². The van der Waals surface area contributed by atoms with E-state index in [9.17, 15) is 0 Å². The van der Waals surface area contributed by atoms with Gasteiger partial charge in [0.2, 0.25) is 0 Å². The van der Waals surface area contributed by atoms with Crippen molar-refractivity contribution in [3.63, 3.8) is 0 Å². The first-order valence-corrected chi connectivity index (χ1v) is 18.2. The van der Waals surface area contributed by atoms with Gasteiger partial charge in [-0.1, -0.05) is 51.4 Å². The first-order chi connectivity index (χ1) is 20.1. The Labute approximate surface area is 249 Å². The summed E-state index contributed by atoms with van der Waals surface area (Å²) < 4.78 is 0. The monoisotopic (exact) mass is 568 g/mol. The fraction of sp³-hybridized carbons (Fsp3) is 1.00. The molecule has 41 heavy (non-hydrogen) atoms. The number of nitrogens with two attached hydrogens (primary N) is 1. The van der Waals surface area contributed by atoms with Crippen molar-refractivity contribution in [3.05, 3.63) is 0 Å². The van der Waals surface area contributed by atoms with Crippen LogP contribution in [0, 0.1) is 47.3 Å². The molecule has 8 heteroatoms. The van der Waals surface area contributed by atoms with Gasteiger partial charge in [-0.25, -0.2) is 0 Å². The molecule has 4 aliphatic carbocycles. The minimum atomic E-state index is 0.0594. The Bertz CT molecular complexity index is 832. The van der Waals surface area contributed by atoms with Gasteiger partial charge in [-0.05, 0) is 106 Å². The van der Waals surface area contributed by atoms with E-state index in [4.69, 9.17) is 5.73 Å². The molecule has 6 bridgehead atoms. The molecular weight excluding hydrogens is 508 g/mol. The van der Waals surface area contributed by atoms with E-state index in [1.807, 2.05) is 0 Å². The molecule has 16 unspecified atom stereocenters. The maximum absolute atomic E-state index is 7.18. The lowest BCUT2D eigenvalue weighted by atomic mass is 9.73. The van der Waals surface area contributed by atoms with Crippen molar-refractivity contribution in [2.75, 3.05) is 0 Å². The Morgan fingerprint density at radius 3 is 0.976 bits per heavy atom. The zero-order chi connectivity index (χ0) is 27.5. The molecule has 0 radical (unpaired) electrons. The molecule has 16 atom stereocenters. The normalized spacial score (nSPS) is 55.8. The zero-order valence-electron chi connectivity index (χ0n) is 25.6. The van der Waals surface area contributed by atoms with Crippen LogP contribution in [0.2, 0.25) is 0 Å². The van der Waals surface area contributed by atoms with Crippen molar-refractivity contribution in [2.45, 2.75) is 159 Å². The van der Waals surface area contributed by atoms with Crippen LogP contribution in [0.1, 0.15) is 110 Å². The summed E-state index contributed by atoms with van der Waals surface area (Å²) in [6.07, 6.45) is 24.0. The van der Waals surface area contributed by atoms with E-state index < -0.39 is 0 Å². The molecule has 0 spiro atoms. The SMILES string of the molecule is CC1NC2NC(NC3NC(NC4NC(NC(N)C5CCCCC15)C1CCCCC41)C1CCCCC31)C1CCCCC21. The summed E-state index contributed by atoms with van der Waals surface area (Å²) in [6, 6.07) is 0.479.